The first-order chi connectivity index (χ1) is 13.9. The number of carbonyl (C=O) groups is 1. The number of benzene rings is 2. The Hall–Kier alpha value is -2.95. The van der Waals surface area contributed by atoms with Crippen molar-refractivity contribution in [3.63, 3.8) is 0 Å². The van der Waals surface area contributed by atoms with E-state index in [0.29, 0.717) is 37.0 Å². The molecule has 2 aromatic carbocycles. The normalized spacial score (nSPS) is 12.2. The summed E-state index contributed by atoms with van der Waals surface area (Å²) in [6.07, 6.45) is 1.05. The summed E-state index contributed by atoms with van der Waals surface area (Å²) in [4.78, 5) is 19.3. The molecule has 0 aliphatic carbocycles. The van der Waals surface area contributed by atoms with Crippen LogP contribution in [0.2, 0.25) is 0 Å². The van der Waals surface area contributed by atoms with Crippen molar-refractivity contribution >= 4 is 5.91 Å². The maximum atomic E-state index is 12.9. The average molecular weight is 392 g/mol. The van der Waals surface area contributed by atoms with Crippen molar-refractivity contribution in [3.8, 4) is 11.4 Å². The Morgan fingerprint density at radius 3 is 2.38 bits per heavy atom. The van der Waals surface area contributed by atoms with E-state index in [1.54, 1.807) is 0 Å². The first kappa shape index (κ1) is 20.8. The fourth-order valence-electron chi connectivity index (χ4n) is 3.30. The van der Waals surface area contributed by atoms with E-state index >= 15 is 0 Å². The molecule has 29 heavy (non-hydrogen) atoms. The highest BCUT2D eigenvalue weighted by molar-refractivity contribution is 5.77. The standard InChI is InChI=1S/C24H29N3O2/c1-17(2)16-23(28)27(19(4)20-8-6-5-7-9-20)15-14-22-25-24(26-29-22)21-12-10-18(3)11-13-21/h5-13,17,19H,14-16H2,1-4H3/t19-/m1/s1. The smallest absolute Gasteiger partial charge is 0.228 e. The lowest BCUT2D eigenvalue weighted by atomic mass is 10.0. The van der Waals surface area contributed by atoms with Gasteiger partial charge >= 0.3 is 0 Å². The SMILES string of the molecule is Cc1ccc(-c2noc(CCN(C(=O)CC(C)C)[C@H](C)c3ccccc3)n2)cc1. The molecule has 0 fully saturated rings. The van der Waals surface area contributed by atoms with Crippen molar-refractivity contribution in [2.45, 2.75) is 46.6 Å². The van der Waals surface area contributed by atoms with Gasteiger partial charge in [-0.25, -0.2) is 0 Å². The van der Waals surface area contributed by atoms with Gasteiger partial charge < -0.3 is 9.42 Å². The zero-order valence-electron chi connectivity index (χ0n) is 17.6. The molecule has 1 amide bonds. The topological polar surface area (TPSA) is 59.2 Å². The Morgan fingerprint density at radius 2 is 1.72 bits per heavy atom. The second kappa shape index (κ2) is 9.50. The highest BCUT2D eigenvalue weighted by Gasteiger charge is 2.23. The highest BCUT2D eigenvalue weighted by Crippen LogP contribution is 2.23. The maximum Gasteiger partial charge on any atom is 0.228 e. The molecule has 0 aliphatic heterocycles. The molecule has 0 saturated heterocycles. The van der Waals surface area contributed by atoms with Crippen LogP contribution in [-0.4, -0.2) is 27.5 Å². The van der Waals surface area contributed by atoms with Crippen LogP contribution in [0.4, 0.5) is 0 Å². The van der Waals surface area contributed by atoms with Crippen LogP contribution in [0, 0.1) is 12.8 Å². The molecule has 152 valence electrons. The summed E-state index contributed by atoms with van der Waals surface area (Å²) in [6, 6.07) is 18.1. The largest absolute Gasteiger partial charge is 0.339 e. The lowest BCUT2D eigenvalue weighted by molar-refractivity contribution is -0.134. The third-order valence-electron chi connectivity index (χ3n) is 5.00. The molecular formula is C24H29N3O2. The van der Waals surface area contributed by atoms with Crippen LogP contribution in [0.1, 0.15) is 50.3 Å². The predicted octanol–water partition coefficient (Wildman–Crippen LogP) is 5.22. The number of aromatic nitrogens is 2. The van der Waals surface area contributed by atoms with E-state index in [0.717, 1.165) is 11.1 Å². The molecule has 0 bridgehead atoms. The third-order valence-corrected chi connectivity index (χ3v) is 5.00. The molecule has 0 N–H and O–H groups in total. The summed E-state index contributed by atoms with van der Waals surface area (Å²) in [6.45, 7) is 8.78. The molecule has 0 saturated carbocycles. The van der Waals surface area contributed by atoms with Crippen molar-refractivity contribution in [2.75, 3.05) is 6.54 Å². The van der Waals surface area contributed by atoms with E-state index in [9.17, 15) is 4.79 Å². The first-order valence-corrected chi connectivity index (χ1v) is 10.2. The Morgan fingerprint density at radius 1 is 1.03 bits per heavy atom. The average Bonchev–Trinajstić information content (AvgIpc) is 3.17. The monoisotopic (exact) mass is 391 g/mol. The quantitative estimate of drug-likeness (QED) is 0.528. The minimum Gasteiger partial charge on any atom is -0.339 e. The number of rotatable bonds is 8. The molecule has 0 aliphatic rings. The van der Waals surface area contributed by atoms with Gasteiger partial charge in [-0.15, -0.1) is 0 Å². The van der Waals surface area contributed by atoms with Crippen molar-refractivity contribution in [2.24, 2.45) is 5.92 Å². The lowest BCUT2D eigenvalue weighted by Crippen LogP contribution is -2.36. The van der Waals surface area contributed by atoms with Gasteiger partial charge in [0.15, 0.2) is 0 Å². The second-order valence-electron chi connectivity index (χ2n) is 7.90. The summed E-state index contributed by atoms with van der Waals surface area (Å²) in [7, 11) is 0. The van der Waals surface area contributed by atoms with Gasteiger partial charge in [0.1, 0.15) is 0 Å². The number of nitrogens with zero attached hydrogens (tertiary/aromatic N) is 3. The Bertz CT molecular complexity index is 917. The number of aryl methyl sites for hydroxylation is 1. The zero-order chi connectivity index (χ0) is 20.8. The van der Waals surface area contributed by atoms with Crippen LogP contribution >= 0.6 is 0 Å². The van der Waals surface area contributed by atoms with Gasteiger partial charge in [-0.3, -0.25) is 4.79 Å². The molecule has 1 aromatic heterocycles. The maximum absolute atomic E-state index is 12.9. The molecule has 0 unspecified atom stereocenters. The molecule has 5 heteroatoms. The molecule has 3 rings (SSSR count). The van der Waals surface area contributed by atoms with Gasteiger partial charge in [-0.05, 0) is 25.3 Å². The molecule has 0 radical (unpaired) electrons. The first-order valence-electron chi connectivity index (χ1n) is 10.2. The molecule has 1 heterocycles. The van der Waals surface area contributed by atoms with Gasteiger partial charge in [-0.2, -0.15) is 4.98 Å². The van der Waals surface area contributed by atoms with Gasteiger partial charge in [0.05, 0.1) is 6.04 Å². The van der Waals surface area contributed by atoms with Gasteiger partial charge in [0.2, 0.25) is 17.6 Å². The summed E-state index contributed by atoms with van der Waals surface area (Å²) in [5, 5.41) is 4.10. The van der Waals surface area contributed by atoms with Gasteiger partial charge in [0, 0.05) is 24.9 Å². The lowest BCUT2D eigenvalue weighted by Gasteiger charge is -2.30. The fraction of sp³-hybridized carbons (Fsp3) is 0.375. The molecule has 1 atom stereocenters. The number of hydrogen-bond acceptors (Lipinski definition) is 4. The Labute approximate surface area is 172 Å². The number of carbonyl (C=O) groups excluding carboxylic acids is 1. The molecule has 0 spiro atoms. The van der Waals surface area contributed by atoms with E-state index < -0.39 is 0 Å². The number of hydrogen-bond donors (Lipinski definition) is 0. The zero-order valence-corrected chi connectivity index (χ0v) is 17.6. The minimum atomic E-state index is -0.0121. The van der Waals surface area contributed by atoms with Crippen LogP contribution in [0.5, 0.6) is 0 Å². The van der Waals surface area contributed by atoms with Crippen molar-refractivity contribution in [1.82, 2.24) is 15.0 Å². The fourth-order valence-corrected chi connectivity index (χ4v) is 3.30. The van der Waals surface area contributed by atoms with Crippen molar-refractivity contribution in [3.05, 3.63) is 71.6 Å². The molecule has 5 nitrogen and oxygen atoms in total. The van der Waals surface area contributed by atoms with Gasteiger partial charge in [-0.1, -0.05) is 79.2 Å². The van der Waals surface area contributed by atoms with E-state index in [1.165, 1.54) is 5.56 Å². The van der Waals surface area contributed by atoms with Crippen molar-refractivity contribution < 1.29 is 9.32 Å². The third kappa shape index (κ3) is 5.53. The van der Waals surface area contributed by atoms with Crippen LogP contribution in [0.25, 0.3) is 11.4 Å². The summed E-state index contributed by atoms with van der Waals surface area (Å²) in [5.74, 6) is 1.58. The summed E-state index contributed by atoms with van der Waals surface area (Å²) in [5.41, 5.74) is 3.23. The Balaban J connectivity index is 1.73. The van der Waals surface area contributed by atoms with E-state index in [4.69, 9.17) is 4.52 Å². The van der Waals surface area contributed by atoms with Gasteiger partial charge in [0.25, 0.3) is 0 Å². The second-order valence-corrected chi connectivity index (χ2v) is 7.90. The van der Waals surface area contributed by atoms with Crippen LogP contribution in [0.3, 0.4) is 0 Å². The van der Waals surface area contributed by atoms with Crippen LogP contribution in [0.15, 0.2) is 59.1 Å². The van der Waals surface area contributed by atoms with E-state index in [1.807, 2.05) is 54.3 Å². The van der Waals surface area contributed by atoms with E-state index in [-0.39, 0.29) is 11.9 Å². The Kier molecular flexibility index (Phi) is 6.81. The molecular weight excluding hydrogens is 362 g/mol. The predicted molar refractivity (Wildman–Crippen MR) is 114 cm³/mol. The van der Waals surface area contributed by atoms with Crippen molar-refractivity contribution in [1.29, 1.82) is 0 Å². The number of amides is 1. The highest BCUT2D eigenvalue weighted by atomic mass is 16.5. The van der Waals surface area contributed by atoms with E-state index in [2.05, 4.69) is 43.0 Å². The summed E-state index contributed by atoms with van der Waals surface area (Å²) < 4.78 is 5.45. The minimum absolute atomic E-state index is 0.0121. The van der Waals surface area contributed by atoms with Crippen LogP contribution < -0.4 is 0 Å². The van der Waals surface area contributed by atoms with Crippen LogP contribution in [-0.2, 0) is 11.2 Å². The summed E-state index contributed by atoms with van der Waals surface area (Å²) >= 11 is 0. The molecule has 3 aromatic rings.